The SMILES string of the molecule is Cc1ccc(OCc2c(C(=O)Nc3ncn(Cc4ccccc4)n3)noc2C)cc1. The topological polar surface area (TPSA) is 95.1 Å². The van der Waals surface area contributed by atoms with Crippen molar-refractivity contribution in [2.24, 2.45) is 0 Å². The van der Waals surface area contributed by atoms with Gasteiger partial charge < -0.3 is 9.26 Å². The third-order valence-corrected chi connectivity index (χ3v) is 4.55. The summed E-state index contributed by atoms with van der Waals surface area (Å²) in [5.41, 5.74) is 2.96. The van der Waals surface area contributed by atoms with Gasteiger partial charge in [0.1, 0.15) is 24.4 Å². The van der Waals surface area contributed by atoms with Crippen LogP contribution in [-0.2, 0) is 13.2 Å². The average molecular weight is 403 g/mol. The number of hydrogen-bond donors (Lipinski definition) is 1. The van der Waals surface area contributed by atoms with E-state index in [0.717, 1.165) is 11.1 Å². The molecule has 0 unspecified atom stereocenters. The molecule has 2 aromatic heterocycles. The number of carbonyl (C=O) groups excluding carboxylic acids is 1. The van der Waals surface area contributed by atoms with E-state index in [1.54, 1.807) is 17.9 Å². The number of amides is 1. The standard InChI is InChI=1S/C22H21N5O3/c1-15-8-10-18(11-9-15)29-13-19-16(2)30-26-20(19)21(28)24-22-23-14-27(25-22)12-17-6-4-3-5-7-17/h3-11,14H,12-13H2,1-2H3,(H,24,25,28). The Balaban J connectivity index is 1.42. The van der Waals surface area contributed by atoms with Crippen LogP contribution in [0.3, 0.4) is 0 Å². The number of nitrogens with zero attached hydrogens (tertiary/aromatic N) is 4. The zero-order chi connectivity index (χ0) is 20.9. The summed E-state index contributed by atoms with van der Waals surface area (Å²) in [5.74, 6) is 0.970. The number of ether oxygens (including phenoxy) is 1. The van der Waals surface area contributed by atoms with Crippen LogP contribution in [-0.4, -0.2) is 25.8 Å². The number of hydrogen-bond acceptors (Lipinski definition) is 6. The van der Waals surface area contributed by atoms with Crippen molar-refractivity contribution in [2.45, 2.75) is 27.0 Å². The highest BCUT2D eigenvalue weighted by Gasteiger charge is 2.21. The van der Waals surface area contributed by atoms with Crippen LogP contribution in [0.25, 0.3) is 0 Å². The Morgan fingerprint density at radius 1 is 1.10 bits per heavy atom. The van der Waals surface area contributed by atoms with E-state index in [4.69, 9.17) is 9.26 Å². The first-order chi connectivity index (χ1) is 14.6. The van der Waals surface area contributed by atoms with Gasteiger partial charge in [-0.3, -0.25) is 10.1 Å². The summed E-state index contributed by atoms with van der Waals surface area (Å²) in [6, 6.07) is 17.5. The largest absolute Gasteiger partial charge is 0.489 e. The Bertz CT molecular complexity index is 1130. The quantitative estimate of drug-likeness (QED) is 0.505. The maximum absolute atomic E-state index is 12.7. The molecule has 152 valence electrons. The van der Waals surface area contributed by atoms with Crippen molar-refractivity contribution in [3.63, 3.8) is 0 Å². The van der Waals surface area contributed by atoms with E-state index in [1.165, 1.54) is 0 Å². The first kappa shape index (κ1) is 19.4. The number of nitrogens with one attached hydrogen (secondary N) is 1. The Morgan fingerprint density at radius 3 is 2.63 bits per heavy atom. The van der Waals surface area contributed by atoms with Crippen molar-refractivity contribution in [1.82, 2.24) is 19.9 Å². The fraction of sp³-hybridized carbons (Fsp3) is 0.182. The number of carbonyl (C=O) groups is 1. The minimum atomic E-state index is -0.452. The number of aromatic nitrogens is 4. The number of anilines is 1. The van der Waals surface area contributed by atoms with E-state index in [-0.39, 0.29) is 18.2 Å². The fourth-order valence-corrected chi connectivity index (χ4v) is 2.89. The molecule has 0 fully saturated rings. The Kier molecular flexibility index (Phi) is 5.56. The van der Waals surface area contributed by atoms with Crippen molar-refractivity contribution in [2.75, 3.05) is 5.32 Å². The first-order valence-corrected chi connectivity index (χ1v) is 9.48. The van der Waals surface area contributed by atoms with E-state index in [9.17, 15) is 4.79 Å². The van der Waals surface area contributed by atoms with Gasteiger partial charge in [0.25, 0.3) is 5.91 Å². The zero-order valence-corrected chi connectivity index (χ0v) is 16.7. The second-order valence-electron chi connectivity index (χ2n) is 6.87. The first-order valence-electron chi connectivity index (χ1n) is 9.48. The molecule has 1 N–H and O–H groups in total. The number of aryl methyl sites for hydroxylation is 2. The van der Waals surface area contributed by atoms with Gasteiger partial charge in [-0.25, -0.2) is 9.67 Å². The molecule has 0 radical (unpaired) electrons. The lowest BCUT2D eigenvalue weighted by Gasteiger charge is -2.07. The zero-order valence-electron chi connectivity index (χ0n) is 16.7. The van der Waals surface area contributed by atoms with Crippen molar-refractivity contribution < 1.29 is 14.1 Å². The molecule has 0 bridgehead atoms. The predicted molar refractivity (Wildman–Crippen MR) is 110 cm³/mol. The van der Waals surface area contributed by atoms with Crippen LogP contribution in [0.4, 0.5) is 5.95 Å². The highest BCUT2D eigenvalue weighted by Crippen LogP contribution is 2.19. The minimum Gasteiger partial charge on any atom is -0.489 e. The smallest absolute Gasteiger partial charge is 0.280 e. The predicted octanol–water partition coefficient (Wildman–Crippen LogP) is 3.76. The van der Waals surface area contributed by atoms with Crippen molar-refractivity contribution in [3.05, 3.63) is 89.1 Å². The van der Waals surface area contributed by atoms with Crippen LogP contribution in [0.5, 0.6) is 5.75 Å². The highest BCUT2D eigenvalue weighted by molar-refractivity contribution is 6.02. The molecule has 0 aliphatic carbocycles. The maximum atomic E-state index is 12.7. The van der Waals surface area contributed by atoms with E-state index < -0.39 is 5.91 Å². The third kappa shape index (κ3) is 4.54. The third-order valence-electron chi connectivity index (χ3n) is 4.55. The Labute approximate surface area is 173 Å². The lowest BCUT2D eigenvalue weighted by atomic mass is 10.2. The van der Waals surface area contributed by atoms with Gasteiger partial charge in [0, 0.05) is 0 Å². The molecule has 0 aliphatic rings. The Morgan fingerprint density at radius 2 is 1.87 bits per heavy atom. The fourth-order valence-electron chi connectivity index (χ4n) is 2.89. The molecule has 1 amide bonds. The molecule has 0 saturated carbocycles. The van der Waals surface area contributed by atoms with Crippen LogP contribution in [0.15, 0.2) is 65.4 Å². The van der Waals surface area contributed by atoms with E-state index in [2.05, 4.69) is 20.6 Å². The minimum absolute atomic E-state index is 0.152. The van der Waals surface area contributed by atoms with Crippen LogP contribution in [0.2, 0.25) is 0 Å². The summed E-state index contributed by atoms with van der Waals surface area (Å²) in [4.78, 5) is 16.8. The van der Waals surface area contributed by atoms with E-state index in [0.29, 0.717) is 23.6 Å². The molecule has 0 aliphatic heterocycles. The van der Waals surface area contributed by atoms with Gasteiger partial charge in [0.05, 0.1) is 12.1 Å². The summed E-state index contributed by atoms with van der Waals surface area (Å²) in [7, 11) is 0. The van der Waals surface area contributed by atoms with E-state index in [1.807, 2.05) is 61.5 Å². The van der Waals surface area contributed by atoms with Gasteiger partial charge in [-0.05, 0) is 31.5 Å². The van der Waals surface area contributed by atoms with E-state index >= 15 is 0 Å². The van der Waals surface area contributed by atoms with Crippen LogP contribution >= 0.6 is 0 Å². The lowest BCUT2D eigenvalue weighted by Crippen LogP contribution is -2.16. The number of benzene rings is 2. The molecular formula is C22H21N5O3. The highest BCUT2D eigenvalue weighted by atomic mass is 16.5. The molecule has 0 saturated heterocycles. The van der Waals surface area contributed by atoms with Crippen LogP contribution < -0.4 is 10.1 Å². The van der Waals surface area contributed by atoms with Gasteiger partial charge in [-0.1, -0.05) is 53.2 Å². The molecule has 4 aromatic rings. The summed E-state index contributed by atoms with van der Waals surface area (Å²) >= 11 is 0. The van der Waals surface area contributed by atoms with Crippen LogP contribution in [0, 0.1) is 13.8 Å². The molecule has 0 atom stereocenters. The number of rotatable bonds is 7. The maximum Gasteiger partial charge on any atom is 0.280 e. The van der Waals surface area contributed by atoms with Gasteiger partial charge in [0.15, 0.2) is 5.69 Å². The summed E-state index contributed by atoms with van der Waals surface area (Å²) < 4.78 is 12.6. The van der Waals surface area contributed by atoms with Gasteiger partial charge in [-0.15, -0.1) is 5.10 Å². The molecule has 0 spiro atoms. The van der Waals surface area contributed by atoms with Crippen LogP contribution in [0.1, 0.15) is 32.9 Å². The molecular weight excluding hydrogens is 382 g/mol. The summed E-state index contributed by atoms with van der Waals surface area (Å²) in [5, 5.41) is 10.8. The van der Waals surface area contributed by atoms with Gasteiger partial charge in [-0.2, -0.15) is 0 Å². The molecule has 30 heavy (non-hydrogen) atoms. The molecule has 8 nitrogen and oxygen atoms in total. The summed E-state index contributed by atoms with van der Waals surface area (Å²) in [6.07, 6.45) is 1.57. The van der Waals surface area contributed by atoms with Crippen molar-refractivity contribution >= 4 is 11.9 Å². The molecule has 4 rings (SSSR count). The Hall–Kier alpha value is -3.94. The van der Waals surface area contributed by atoms with Gasteiger partial charge >= 0.3 is 0 Å². The van der Waals surface area contributed by atoms with Gasteiger partial charge in [0.2, 0.25) is 5.95 Å². The molecule has 8 heteroatoms. The second-order valence-corrected chi connectivity index (χ2v) is 6.87. The van der Waals surface area contributed by atoms with Crippen molar-refractivity contribution in [3.8, 4) is 5.75 Å². The van der Waals surface area contributed by atoms with Crippen molar-refractivity contribution in [1.29, 1.82) is 0 Å². The summed E-state index contributed by atoms with van der Waals surface area (Å²) in [6.45, 7) is 4.47. The monoisotopic (exact) mass is 403 g/mol. The normalized spacial score (nSPS) is 10.7. The molecule has 2 heterocycles. The average Bonchev–Trinajstić information content (AvgIpc) is 3.34. The molecule has 2 aromatic carbocycles. The lowest BCUT2D eigenvalue weighted by molar-refractivity contribution is 0.101. The second kappa shape index (κ2) is 8.60.